The minimum atomic E-state index is -0.617. The number of nitriles is 2. The average molecular weight is 294 g/mol. The van der Waals surface area contributed by atoms with Gasteiger partial charge in [-0.05, 0) is 24.6 Å². The van der Waals surface area contributed by atoms with Crippen molar-refractivity contribution in [2.24, 2.45) is 0 Å². The first-order chi connectivity index (χ1) is 10.5. The maximum atomic E-state index is 11.9. The predicted octanol–water partition coefficient (Wildman–Crippen LogP) is 2.34. The van der Waals surface area contributed by atoms with E-state index in [2.05, 4.69) is 6.07 Å². The molecule has 2 rings (SSSR count). The topological polar surface area (TPSA) is 105 Å². The maximum Gasteiger partial charge on any atom is 0.357 e. The Kier molecular flexibility index (Phi) is 4.15. The number of benzene rings is 1. The largest absolute Gasteiger partial charge is 0.464 e. The summed E-state index contributed by atoms with van der Waals surface area (Å²) in [6, 6.07) is 11.2. The summed E-state index contributed by atoms with van der Waals surface area (Å²) in [4.78, 5) is 11.9. The van der Waals surface area contributed by atoms with Gasteiger partial charge in [0.2, 0.25) is 0 Å². The van der Waals surface area contributed by atoms with Crippen molar-refractivity contribution >= 4 is 11.7 Å². The lowest BCUT2D eigenvalue weighted by atomic mass is 10.0. The van der Waals surface area contributed by atoms with Crippen molar-refractivity contribution < 1.29 is 9.53 Å². The van der Waals surface area contributed by atoms with Crippen molar-refractivity contribution in [2.45, 2.75) is 12.8 Å². The molecule has 0 saturated carbocycles. The number of carbonyl (C=O) groups is 1. The molecule has 2 aromatic rings. The van der Waals surface area contributed by atoms with E-state index in [-0.39, 0.29) is 22.9 Å². The third-order valence-corrected chi connectivity index (χ3v) is 3.41. The lowest BCUT2D eigenvalue weighted by Crippen LogP contribution is -2.11. The lowest BCUT2D eigenvalue weighted by Gasteiger charge is -2.10. The molecule has 110 valence electrons. The zero-order valence-electron chi connectivity index (χ0n) is 12.2. The molecule has 0 spiro atoms. The molecule has 6 nitrogen and oxygen atoms in total. The van der Waals surface area contributed by atoms with E-state index >= 15 is 0 Å². The number of nitrogens with two attached hydrogens (primary N) is 1. The molecule has 1 atom stereocenters. The quantitative estimate of drug-likeness (QED) is 0.875. The van der Waals surface area contributed by atoms with Gasteiger partial charge in [-0.2, -0.15) is 10.5 Å². The molecule has 0 aliphatic rings. The van der Waals surface area contributed by atoms with E-state index in [1.165, 1.54) is 17.9 Å². The van der Waals surface area contributed by atoms with Crippen LogP contribution < -0.4 is 5.73 Å². The fourth-order valence-electron chi connectivity index (χ4n) is 2.12. The summed E-state index contributed by atoms with van der Waals surface area (Å²) in [6.45, 7) is 1.80. The molecule has 22 heavy (non-hydrogen) atoms. The number of ether oxygens (including phenoxy) is 1. The van der Waals surface area contributed by atoms with Gasteiger partial charge in [0.15, 0.2) is 5.69 Å². The zero-order chi connectivity index (χ0) is 16.3. The van der Waals surface area contributed by atoms with Crippen molar-refractivity contribution in [3.05, 3.63) is 47.3 Å². The minimum Gasteiger partial charge on any atom is -0.464 e. The number of hydrogen-bond acceptors (Lipinski definition) is 5. The number of nitrogen functional groups attached to an aromatic ring is 1. The molecule has 0 radical (unpaired) electrons. The maximum absolute atomic E-state index is 11.9. The molecule has 0 amide bonds. The molecule has 6 heteroatoms. The predicted molar refractivity (Wildman–Crippen MR) is 80.3 cm³/mol. The Labute approximate surface area is 127 Å². The summed E-state index contributed by atoms with van der Waals surface area (Å²) in [5.41, 5.74) is 7.76. The van der Waals surface area contributed by atoms with Gasteiger partial charge in [0.25, 0.3) is 0 Å². The van der Waals surface area contributed by atoms with Crippen LogP contribution in [0.3, 0.4) is 0 Å². The average Bonchev–Trinajstić information content (AvgIpc) is 2.90. The number of aromatic nitrogens is 1. The Hall–Kier alpha value is -3.25. The Morgan fingerprint density at radius 1 is 1.32 bits per heavy atom. The van der Waals surface area contributed by atoms with Gasteiger partial charge in [-0.25, -0.2) is 4.79 Å². The van der Waals surface area contributed by atoms with Gasteiger partial charge in [-0.15, -0.1) is 0 Å². The number of anilines is 1. The van der Waals surface area contributed by atoms with E-state index < -0.39 is 5.97 Å². The number of esters is 1. The molecular formula is C16H14N4O2. The summed E-state index contributed by atoms with van der Waals surface area (Å²) < 4.78 is 6.24. The van der Waals surface area contributed by atoms with Gasteiger partial charge in [-0.1, -0.05) is 12.1 Å². The molecule has 0 saturated heterocycles. The van der Waals surface area contributed by atoms with Crippen LogP contribution in [-0.2, 0) is 4.74 Å². The van der Waals surface area contributed by atoms with Crippen LogP contribution in [-0.4, -0.2) is 17.6 Å². The highest BCUT2D eigenvalue weighted by Gasteiger charge is 2.21. The van der Waals surface area contributed by atoms with Crippen molar-refractivity contribution in [1.29, 1.82) is 10.5 Å². The SMILES string of the molecule is COC(=O)c1c(N)c(C#N)cn1-c1ccc(C(C)C#N)cc1. The highest BCUT2D eigenvalue weighted by atomic mass is 16.5. The van der Waals surface area contributed by atoms with E-state index in [9.17, 15) is 4.79 Å². The van der Waals surface area contributed by atoms with Gasteiger partial charge >= 0.3 is 5.97 Å². The van der Waals surface area contributed by atoms with E-state index in [4.69, 9.17) is 21.0 Å². The van der Waals surface area contributed by atoms with E-state index in [0.717, 1.165) is 5.56 Å². The van der Waals surface area contributed by atoms with Crippen LogP contribution in [0.2, 0.25) is 0 Å². The van der Waals surface area contributed by atoms with Gasteiger partial charge in [0.05, 0.1) is 30.3 Å². The number of carbonyl (C=O) groups excluding carboxylic acids is 1. The first-order valence-electron chi connectivity index (χ1n) is 6.52. The molecule has 1 aromatic carbocycles. The normalized spacial score (nSPS) is 11.3. The molecule has 0 aliphatic heterocycles. The number of rotatable bonds is 3. The summed E-state index contributed by atoms with van der Waals surface area (Å²) in [7, 11) is 1.25. The Balaban J connectivity index is 2.56. The lowest BCUT2D eigenvalue weighted by molar-refractivity contribution is 0.0593. The Bertz CT molecular complexity index is 791. The fraction of sp³-hybridized carbons (Fsp3) is 0.188. The molecule has 2 N–H and O–H groups in total. The molecule has 1 aromatic heterocycles. The fourth-order valence-corrected chi connectivity index (χ4v) is 2.12. The van der Waals surface area contributed by atoms with Crippen LogP contribution in [0.4, 0.5) is 5.69 Å². The number of nitrogens with zero attached hydrogens (tertiary/aromatic N) is 3. The van der Waals surface area contributed by atoms with Gasteiger partial charge in [0, 0.05) is 11.9 Å². The monoisotopic (exact) mass is 294 g/mol. The Morgan fingerprint density at radius 2 is 1.95 bits per heavy atom. The van der Waals surface area contributed by atoms with Crippen LogP contribution >= 0.6 is 0 Å². The van der Waals surface area contributed by atoms with Crippen molar-refractivity contribution in [3.63, 3.8) is 0 Å². The van der Waals surface area contributed by atoms with E-state index in [1.54, 1.807) is 31.2 Å². The van der Waals surface area contributed by atoms with Gasteiger partial charge in [0.1, 0.15) is 6.07 Å². The van der Waals surface area contributed by atoms with Crippen molar-refractivity contribution in [3.8, 4) is 17.8 Å². The van der Waals surface area contributed by atoms with Crippen LogP contribution in [0.5, 0.6) is 0 Å². The Morgan fingerprint density at radius 3 is 2.45 bits per heavy atom. The standard InChI is InChI=1S/C16H14N4O2/c1-10(7-17)11-3-5-13(6-4-11)20-9-12(8-18)14(19)15(20)16(21)22-2/h3-6,9-10H,19H2,1-2H3. The summed E-state index contributed by atoms with van der Waals surface area (Å²) >= 11 is 0. The molecule has 1 unspecified atom stereocenters. The highest BCUT2D eigenvalue weighted by Crippen LogP contribution is 2.25. The summed E-state index contributed by atoms with van der Waals surface area (Å²) in [6.07, 6.45) is 1.49. The molecule has 0 aliphatic carbocycles. The second-order valence-electron chi connectivity index (χ2n) is 4.72. The third-order valence-electron chi connectivity index (χ3n) is 3.41. The highest BCUT2D eigenvalue weighted by molar-refractivity contribution is 5.95. The van der Waals surface area contributed by atoms with E-state index in [0.29, 0.717) is 5.69 Å². The molecule has 1 heterocycles. The number of hydrogen-bond donors (Lipinski definition) is 1. The van der Waals surface area contributed by atoms with Crippen LogP contribution in [0.15, 0.2) is 30.5 Å². The van der Waals surface area contributed by atoms with Gasteiger partial charge in [-0.3, -0.25) is 0 Å². The number of methoxy groups -OCH3 is 1. The first-order valence-corrected chi connectivity index (χ1v) is 6.52. The second-order valence-corrected chi connectivity index (χ2v) is 4.72. The van der Waals surface area contributed by atoms with Crippen LogP contribution in [0, 0.1) is 22.7 Å². The smallest absolute Gasteiger partial charge is 0.357 e. The summed E-state index contributed by atoms with van der Waals surface area (Å²) in [5, 5.41) is 18.0. The summed E-state index contributed by atoms with van der Waals surface area (Å²) in [5.74, 6) is -0.841. The first kappa shape index (κ1) is 15.1. The molecular weight excluding hydrogens is 280 g/mol. The van der Waals surface area contributed by atoms with Crippen LogP contribution in [0.1, 0.15) is 34.5 Å². The van der Waals surface area contributed by atoms with Crippen molar-refractivity contribution in [2.75, 3.05) is 12.8 Å². The van der Waals surface area contributed by atoms with Gasteiger partial charge < -0.3 is 15.0 Å². The second kappa shape index (κ2) is 6.02. The van der Waals surface area contributed by atoms with Crippen molar-refractivity contribution in [1.82, 2.24) is 4.57 Å². The molecule has 0 bridgehead atoms. The third kappa shape index (κ3) is 2.50. The van der Waals surface area contributed by atoms with Crippen LogP contribution in [0.25, 0.3) is 5.69 Å². The minimum absolute atomic E-state index is 0.0869. The molecule has 0 fully saturated rings. The van der Waals surface area contributed by atoms with E-state index in [1.807, 2.05) is 6.07 Å². The zero-order valence-corrected chi connectivity index (χ0v) is 12.2.